The molecular formula is C11H11ClN2O. The lowest BCUT2D eigenvalue weighted by molar-refractivity contribution is 0.466. The molecule has 0 saturated heterocycles. The molecule has 1 unspecified atom stereocenters. The summed E-state index contributed by atoms with van der Waals surface area (Å²) < 4.78 is 5.24. The van der Waals surface area contributed by atoms with Gasteiger partial charge < -0.3 is 10.2 Å². The second-order valence-electron chi connectivity index (χ2n) is 3.31. The van der Waals surface area contributed by atoms with Gasteiger partial charge in [0.1, 0.15) is 5.76 Å². The Morgan fingerprint density at radius 1 is 1.27 bits per heavy atom. The number of pyridine rings is 1. The molecule has 2 aromatic heterocycles. The highest BCUT2D eigenvalue weighted by Crippen LogP contribution is 2.20. The summed E-state index contributed by atoms with van der Waals surface area (Å²) >= 11 is 5.68. The van der Waals surface area contributed by atoms with Crippen LogP contribution in [0, 0.1) is 0 Å². The second-order valence-corrected chi connectivity index (χ2v) is 3.68. The van der Waals surface area contributed by atoms with E-state index in [-0.39, 0.29) is 6.04 Å². The summed E-state index contributed by atoms with van der Waals surface area (Å²) in [5, 5.41) is 0.371. The highest BCUT2D eigenvalue weighted by Gasteiger charge is 2.10. The Morgan fingerprint density at radius 3 is 2.60 bits per heavy atom. The van der Waals surface area contributed by atoms with Crippen molar-refractivity contribution in [1.82, 2.24) is 4.98 Å². The summed E-state index contributed by atoms with van der Waals surface area (Å²) in [5.74, 6) is 0.705. The maximum atomic E-state index is 5.97. The van der Waals surface area contributed by atoms with Gasteiger partial charge in [0.2, 0.25) is 0 Å². The van der Waals surface area contributed by atoms with E-state index < -0.39 is 0 Å². The van der Waals surface area contributed by atoms with Crippen LogP contribution >= 0.6 is 11.6 Å². The Hall–Kier alpha value is -1.32. The molecule has 3 nitrogen and oxygen atoms in total. The first-order valence-corrected chi connectivity index (χ1v) is 5.03. The number of halogens is 1. The van der Waals surface area contributed by atoms with Crippen molar-refractivity contribution in [2.75, 3.05) is 0 Å². The Kier molecular flexibility index (Phi) is 3.04. The normalized spacial score (nSPS) is 12.7. The van der Waals surface area contributed by atoms with Crippen molar-refractivity contribution in [2.45, 2.75) is 12.5 Å². The molecule has 2 heterocycles. The van der Waals surface area contributed by atoms with E-state index in [9.17, 15) is 0 Å². The van der Waals surface area contributed by atoms with E-state index in [2.05, 4.69) is 4.98 Å². The molecule has 2 aromatic rings. The number of nitrogens with zero attached hydrogens (tertiary/aromatic N) is 1. The molecule has 0 amide bonds. The molecular weight excluding hydrogens is 212 g/mol. The van der Waals surface area contributed by atoms with Crippen molar-refractivity contribution >= 4 is 11.6 Å². The van der Waals surface area contributed by atoms with E-state index >= 15 is 0 Å². The Balaban J connectivity index is 2.07. The Bertz CT molecular complexity index is 427. The fourth-order valence-corrected chi connectivity index (χ4v) is 1.55. The van der Waals surface area contributed by atoms with Crippen LogP contribution in [0.4, 0.5) is 0 Å². The Morgan fingerprint density at radius 2 is 2.00 bits per heavy atom. The van der Waals surface area contributed by atoms with Crippen LogP contribution < -0.4 is 5.73 Å². The number of hydrogen-bond acceptors (Lipinski definition) is 3. The molecule has 2 N–H and O–H groups in total. The summed E-state index contributed by atoms with van der Waals surface area (Å²) in [5.41, 5.74) is 7.10. The molecule has 0 aliphatic rings. The Labute approximate surface area is 92.9 Å². The molecule has 0 aliphatic heterocycles. The second kappa shape index (κ2) is 4.47. The van der Waals surface area contributed by atoms with E-state index in [4.69, 9.17) is 21.8 Å². The van der Waals surface area contributed by atoms with Crippen molar-refractivity contribution in [3.05, 3.63) is 53.2 Å². The van der Waals surface area contributed by atoms with Gasteiger partial charge in [0.15, 0.2) is 5.22 Å². The van der Waals surface area contributed by atoms with E-state index in [0.29, 0.717) is 17.4 Å². The van der Waals surface area contributed by atoms with Crippen molar-refractivity contribution in [1.29, 1.82) is 0 Å². The van der Waals surface area contributed by atoms with Crippen LogP contribution in [0.2, 0.25) is 5.22 Å². The first kappa shape index (κ1) is 10.2. The summed E-state index contributed by atoms with van der Waals surface area (Å²) in [6, 6.07) is 7.20. The molecule has 78 valence electrons. The van der Waals surface area contributed by atoms with Crippen LogP contribution in [0.25, 0.3) is 0 Å². The predicted octanol–water partition coefficient (Wildman–Crippen LogP) is 2.57. The summed E-state index contributed by atoms with van der Waals surface area (Å²) in [6.45, 7) is 0. The zero-order valence-electron chi connectivity index (χ0n) is 8.06. The van der Waals surface area contributed by atoms with Gasteiger partial charge in [-0.05, 0) is 47.9 Å². The highest BCUT2D eigenvalue weighted by molar-refractivity contribution is 6.28. The van der Waals surface area contributed by atoms with Crippen LogP contribution in [-0.4, -0.2) is 4.98 Å². The standard InChI is InChI=1S/C11H11ClN2O/c12-11-2-1-10(15-11)9(13)7-8-3-5-14-6-4-8/h1-6,9H,7,13H2. The maximum absolute atomic E-state index is 5.97. The van der Waals surface area contributed by atoms with Crippen LogP contribution in [0.5, 0.6) is 0 Å². The molecule has 0 aliphatic carbocycles. The topological polar surface area (TPSA) is 52.0 Å². The van der Waals surface area contributed by atoms with E-state index in [1.165, 1.54) is 0 Å². The number of aromatic nitrogens is 1. The average Bonchev–Trinajstić information content (AvgIpc) is 2.66. The fraction of sp³-hybridized carbons (Fsp3) is 0.182. The number of rotatable bonds is 3. The first-order chi connectivity index (χ1) is 7.25. The van der Waals surface area contributed by atoms with Crippen LogP contribution in [0.15, 0.2) is 41.1 Å². The minimum absolute atomic E-state index is 0.167. The molecule has 0 fully saturated rings. The van der Waals surface area contributed by atoms with Crippen LogP contribution in [0.3, 0.4) is 0 Å². The summed E-state index contributed by atoms with van der Waals surface area (Å²) in [6.07, 6.45) is 4.21. The largest absolute Gasteiger partial charge is 0.448 e. The van der Waals surface area contributed by atoms with E-state index in [0.717, 1.165) is 5.56 Å². The van der Waals surface area contributed by atoms with Gasteiger partial charge in [-0.25, -0.2) is 0 Å². The molecule has 15 heavy (non-hydrogen) atoms. The van der Waals surface area contributed by atoms with Crippen LogP contribution in [-0.2, 0) is 6.42 Å². The van der Waals surface area contributed by atoms with Gasteiger partial charge in [-0.15, -0.1) is 0 Å². The lowest BCUT2D eigenvalue weighted by Crippen LogP contribution is -2.12. The van der Waals surface area contributed by atoms with E-state index in [1.807, 2.05) is 12.1 Å². The molecule has 4 heteroatoms. The van der Waals surface area contributed by atoms with Crippen LogP contribution in [0.1, 0.15) is 17.4 Å². The molecule has 0 bridgehead atoms. The van der Waals surface area contributed by atoms with Gasteiger partial charge >= 0.3 is 0 Å². The molecule has 0 saturated carbocycles. The quantitative estimate of drug-likeness (QED) is 0.869. The lowest BCUT2D eigenvalue weighted by Gasteiger charge is -2.07. The highest BCUT2D eigenvalue weighted by atomic mass is 35.5. The predicted molar refractivity (Wildman–Crippen MR) is 58.6 cm³/mol. The zero-order chi connectivity index (χ0) is 10.7. The average molecular weight is 223 g/mol. The summed E-state index contributed by atoms with van der Waals surface area (Å²) in [7, 11) is 0. The molecule has 1 atom stereocenters. The minimum Gasteiger partial charge on any atom is -0.448 e. The third-order valence-electron chi connectivity index (χ3n) is 2.16. The van der Waals surface area contributed by atoms with Gasteiger partial charge in [-0.2, -0.15) is 0 Å². The lowest BCUT2D eigenvalue weighted by atomic mass is 10.1. The van der Waals surface area contributed by atoms with Crippen molar-refractivity contribution in [3.8, 4) is 0 Å². The monoisotopic (exact) mass is 222 g/mol. The third kappa shape index (κ3) is 2.58. The molecule has 0 radical (unpaired) electrons. The van der Waals surface area contributed by atoms with E-state index in [1.54, 1.807) is 24.5 Å². The SMILES string of the molecule is NC(Cc1ccncc1)c1ccc(Cl)o1. The number of nitrogens with two attached hydrogens (primary N) is 1. The zero-order valence-corrected chi connectivity index (χ0v) is 8.82. The van der Waals surface area contributed by atoms with Gasteiger partial charge in [0, 0.05) is 12.4 Å². The molecule has 2 rings (SSSR count). The number of furan rings is 1. The third-order valence-corrected chi connectivity index (χ3v) is 2.37. The van der Waals surface area contributed by atoms with Gasteiger partial charge in [-0.3, -0.25) is 4.98 Å². The van der Waals surface area contributed by atoms with Gasteiger partial charge in [0.25, 0.3) is 0 Å². The molecule has 0 aromatic carbocycles. The maximum Gasteiger partial charge on any atom is 0.193 e. The minimum atomic E-state index is -0.167. The summed E-state index contributed by atoms with van der Waals surface area (Å²) in [4.78, 5) is 3.94. The van der Waals surface area contributed by atoms with Crippen molar-refractivity contribution < 1.29 is 4.42 Å². The number of hydrogen-bond donors (Lipinski definition) is 1. The molecule has 0 spiro atoms. The van der Waals surface area contributed by atoms with Gasteiger partial charge in [-0.1, -0.05) is 0 Å². The van der Waals surface area contributed by atoms with Crippen molar-refractivity contribution in [2.24, 2.45) is 5.73 Å². The fourth-order valence-electron chi connectivity index (χ4n) is 1.40. The van der Waals surface area contributed by atoms with Gasteiger partial charge in [0.05, 0.1) is 6.04 Å². The van der Waals surface area contributed by atoms with Crippen molar-refractivity contribution in [3.63, 3.8) is 0 Å². The first-order valence-electron chi connectivity index (χ1n) is 4.65. The smallest absolute Gasteiger partial charge is 0.193 e.